The Kier molecular flexibility index (Phi) is 35.4. The second kappa shape index (κ2) is 44.0. The quantitative estimate of drug-likeness (QED) is 0.0118. The number of carbonyl (C=O) groups excluding carboxylic acids is 4. The van der Waals surface area contributed by atoms with Gasteiger partial charge in [0, 0.05) is 146 Å². The highest BCUT2D eigenvalue weighted by molar-refractivity contribution is 7.90. The summed E-state index contributed by atoms with van der Waals surface area (Å²) in [5.74, 6) is -1.67. The summed E-state index contributed by atoms with van der Waals surface area (Å²) in [5, 5.41) is 11.5. The van der Waals surface area contributed by atoms with Gasteiger partial charge in [0.2, 0.25) is 53.9 Å². The van der Waals surface area contributed by atoms with Gasteiger partial charge in [-0.05, 0) is 163 Å². The summed E-state index contributed by atoms with van der Waals surface area (Å²) in [4.78, 5) is 62.7. The molecule has 3 amide bonds. The van der Waals surface area contributed by atoms with Crippen molar-refractivity contribution < 1.29 is 72.9 Å². The number of halogens is 6. The Morgan fingerprint density at radius 1 is 0.411 bits per heavy atom. The fraction of sp³-hybridized carbons (Fsp3) is 0.481. The SMILES string of the molecule is CN1Cc2c(Cl)cc(Cl)cc2[C@H](c2cccc(S(=O)(=O)NCCOCCOCCNC(=O)CCC(CCC(=O)NCCOCCOCCNS(=O)(=O)c3cccc([C@@H]4CN(C)Cc5c(Cl)cc(Cl)cc54)c3)(CCC(=O)NCCOCCOCCNS(=O)(=O)c3cccc([C@@H]4CN(C)Cc5c(Cl)cc(Cl)cc54)c3)N=C=O)c2)C1. The minimum absolute atomic E-state index is 0.00190. The summed E-state index contributed by atoms with van der Waals surface area (Å²) in [6.07, 6.45) is 1.11. The predicted molar refractivity (Wildman–Crippen MR) is 431 cm³/mol. The second-order valence-corrected chi connectivity index (χ2v) is 35.5. The first-order valence-corrected chi connectivity index (χ1v) is 43.5. The van der Waals surface area contributed by atoms with Crippen LogP contribution in [0.3, 0.4) is 0 Å². The van der Waals surface area contributed by atoms with Gasteiger partial charge in [0.05, 0.1) is 99.5 Å². The molecule has 0 radical (unpaired) electrons. The monoisotopic (exact) mass is 1720 g/mol. The third-order valence-corrected chi connectivity index (χ3v) is 25.4. The van der Waals surface area contributed by atoms with Crippen LogP contribution in [0.25, 0.3) is 0 Å². The normalized spacial score (nSPS) is 16.3. The fourth-order valence-corrected chi connectivity index (χ4v) is 18.7. The maximum Gasteiger partial charge on any atom is 0.240 e. The van der Waals surface area contributed by atoms with Crippen LogP contribution in [0.2, 0.25) is 30.1 Å². The van der Waals surface area contributed by atoms with E-state index >= 15 is 0 Å². The van der Waals surface area contributed by atoms with Crippen LogP contribution < -0.4 is 30.1 Å². The fourth-order valence-electron chi connectivity index (χ4n) is 13.8. The van der Waals surface area contributed by atoms with E-state index < -0.39 is 53.3 Å². The lowest BCUT2D eigenvalue weighted by atomic mass is 9.84. The maximum absolute atomic E-state index is 13.4. The van der Waals surface area contributed by atoms with Crippen molar-refractivity contribution >= 4 is 123 Å². The van der Waals surface area contributed by atoms with E-state index in [1.54, 1.807) is 60.7 Å². The molecule has 26 nitrogen and oxygen atoms in total. The van der Waals surface area contributed by atoms with Crippen LogP contribution in [0.15, 0.2) is 129 Å². The van der Waals surface area contributed by atoms with Crippen LogP contribution in [0.5, 0.6) is 0 Å². The second-order valence-electron chi connectivity index (χ2n) is 27.7. The van der Waals surface area contributed by atoms with Gasteiger partial charge >= 0.3 is 0 Å². The summed E-state index contributed by atoms with van der Waals surface area (Å²) in [5.41, 5.74) is 6.80. The van der Waals surface area contributed by atoms with Gasteiger partial charge in [-0.25, -0.2) is 44.2 Å². The van der Waals surface area contributed by atoms with Gasteiger partial charge in [-0.2, -0.15) is 4.99 Å². The molecule has 6 aromatic rings. The molecule has 0 aliphatic carbocycles. The van der Waals surface area contributed by atoms with E-state index in [1.165, 1.54) is 18.2 Å². The molecule has 3 atom stereocenters. The third kappa shape index (κ3) is 27.2. The van der Waals surface area contributed by atoms with Gasteiger partial charge < -0.3 is 59.1 Å². The van der Waals surface area contributed by atoms with Crippen molar-refractivity contribution in [2.75, 3.05) is 159 Å². The number of isocyanates is 1. The van der Waals surface area contributed by atoms with Gasteiger partial charge in [0.15, 0.2) is 0 Å². The van der Waals surface area contributed by atoms with Crippen molar-refractivity contribution in [2.24, 2.45) is 4.99 Å². The number of ether oxygens (including phenoxy) is 6. The van der Waals surface area contributed by atoms with Crippen molar-refractivity contribution in [3.63, 3.8) is 0 Å². The molecule has 6 N–H and O–H groups in total. The van der Waals surface area contributed by atoms with Crippen molar-refractivity contribution in [3.05, 3.63) is 189 Å². The molecule has 0 unspecified atom stereocenters. The van der Waals surface area contributed by atoms with E-state index in [2.05, 4.69) is 49.8 Å². The van der Waals surface area contributed by atoms with E-state index in [9.17, 15) is 44.4 Å². The molecule has 3 aliphatic heterocycles. The molecule has 0 saturated heterocycles. The van der Waals surface area contributed by atoms with Crippen LogP contribution in [0.1, 0.15) is 106 Å². The Morgan fingerprint density at radius 2 is 0.679 bits per heavy atom. The highest BCUT2D eigenvalue weighted by Gasteiger charge is 2.35. The van der Waals surface area contributed by atoms with Crippen LogP contribution in [0, 0.1) is 0 Å². The van der Waals surface area contributed by atoms with E-state index in [4.69, 9.17) is 98.0 Å². The Morgan fingerprint density at radius 3 is 0.946 bits per heavy atom. The van der Waals surface area contributed by atoms with Crippen molar-refractivity contribution in [1.29, 1.82) is 0 Å². The summed E-state index contributed by atoms with van der Waals surface area (Å²) >= 11 is 38.9. The Labute approximate surface area is 686 Å². The number of amides is 3. The molecule has 0 aromatic heterocycles. The molecule has 610 valence electrons. The van der Waals surface area contributed by atoms with E-state index in [0.29, 0.717) is 69.4 Å². The van der Waals surface area contributed by atoms with Crippen molar-refractivity contribution in [2.45, 2.75) is 96.1 Å². The van der Waals surface area contributed by atoms with E-state index in [-0.39, 0.29) is 190 Å². The zero-order valence-electron chi connectivity index (χ0n) is 62.7. The molecule has 3 aliphatic rings. The van der Waals surface area contributed by atoms with E-state index in [1.807, 2.05) is 57.5 Å². The third-order valence-electron chi connectivity index (χ3n) is 19.4. The zero-order valence-corrected chi connectivity index (χ0v) is 69.6. The first-order chi connectivity index (χ1) is 53.6. The first kappa shape index (κ1) is 90.1. The van der Waals surface area contributed by atoms with Gasteiger partial charge in [0.25, 0.3) is 0 Å². The largest absolute Gasteiger partial charge is 0.378 e. The number of aliphatic imine (C=N–C) groups is 1. The number of fused-ring (bicyclic) bond motifs is 3. The number of sulfonamides is 3. The summed E-state index contributed by atoms with van der Waals surface area (Å²) in [6.45, 7) is 5.53. The van der Waals surface area contributed by atoms with Crippen LogP contribution >= 0.6 is 69.6 Å². The lowest BCUT2D eigenvalue weighted by Crippen LogP contribution is -2.36. The number of rotatable bonds is 46. The summed E-state index contributed by atoms with van der Waals surface area (Å²) < 4.78 is 122. The van der Waals surface area contributed by atoms with Gasteiger partial charge in [-0.15, -0.1) is 0 Å². The molecule has 0 fully saturated rings. The number of hydrogen-bond donors (Lipinski definition) is 6. The van der Waals surface area contributed by atoms with Gasteiger partial charge in [-0.1, -0.05) is 106 Å². The highest BCUT2D eigenvalue weighted by Crippen LogP contribution is 2.43. The number of nitrogens with zero attached hydrogens (tertiary/aromatic N) is 4. The Hall–Kier alpha value is -5.78. The molecule has 0 bridgehead atoms. The van der Waals surface area contributed by atoms with Gasteiger partial charge in [0.1, 0.15) is 0 Å². The summed E-state index contributed by atoms with van der Waals surface area (Å²) in [7, 11) is -5.75. The molecule has 6 aromatic carbocycles. The van der Waals surface area contributed by atoms with Crippen LogP contribution in [-0.4, -0.2) is 229 Å². The molecule has 112 heavy (non-hydrogen) atoms. The lowest BCUT2D eigenvalue weighted by Gasteiger charge is -2.33. The molecule has 3 heterocycles. The number of hydrogen-bond acceptors (Lipinski definition) is 20. The first-order valence-electron chi connectivity index (χ1n) is 36.8. The smallest absolute Gasteiger partial charge is 0.240 e. The standard InChI is InChI=1S/C77H96Cl6N10O16S3/c1-91-46-65(62-40-56(78)43-71(81)68(62)49-91)53-7-4-10-59(37-53)110(98,99)88-22-28-107-34-31-104-25-19-84-74(95)13-16-77(87-52-94,17-14-75(96)85-20-26-105-32-35-108-29-23-89-111(100,101)60-11-5-8-54(38-60)66-47-92(2)50-69-63(66)41-57(79)44-72(69)82)18-15-76(97)86-21-27-106-33-36-109-30-24-90-112(102,103)61-12-6-9-55(39-61)67-48-93(3)51-70-64(67)42-58(80)45-73(70)83/h4-12,37-45,65-67,88-90H,13-36,46-51H2,1-3H3,(H,84,95)(H,85,96)(H,86,97)/t65-,66-,67-/m0/s1. The minimum atomic E-state index is -3.90. The number of likely N-dealkylation sites (N-methyl/N-ethyl adjacent to an activating group) is 3. The average Bonchev–Trinajstić information content (AvgIpc) is 0.781. The van der Waals surface area contributed by atoms with Gasteiger partial charge in [-0.3, -0.25) is 14.4 Å². The summed E-state index contributed by atoms with van der Waals surface area (Å²) in [6, 6.07) is 31.1. The molecular formula is C77H96Cl6N10O16S3. The maximum atomic E-state index is 13.4. The highest BCUT2D eigenvalue weighted by atomic mass is 35.5. The minimum Gasteiger partial charge on any atom is -0.378 e. The lowest BCUT2D eigenvalue weighted by molar-refractivity contribution is -0.121. The molecule has 0 saturated carbocycles. The number of carbonyl (C=O) groups is 3. The Balaban J connectivity index is 0.668. The molecule has 35 heteroatoms. The molecular weight excluding hydrogens is 1630 g/mol. The van der Waals surface area contributed by atoms with Crippen molar-refractivity contribution in [3.8, 4) is 0 Å². The topological polar surface area (TPSA) is 320 Å². The van der Waals surface area contributed by atoms with Crippen molar-refractivity contribution in [1.82, 2.24) is 44.8 Å². The van der Waals surface area contributed by atoms with Crippen LogP contribution in [-0.2, 0) is 97.3 Å². The van der Waals surface area contributed by atoms with Crippen LogP contribution in [0.4, 0.5) is 0 Å². The van der Waals surface area contributed by atoms with E-state index in [0.717, 1.165) is 50.1 Å². The predicted octanol–water partition coefficient (Wildman–Crippen LogP) is 9.44. The zero-order chi connectivity index (χ0) is 80.4. The molecule has 9 rings (SSSR count). The average molecular weight is 1730 g/mol. The number of nitrogens with one attached hydrogen (secondary N) is 6. The number of benzene rings is 6. The molecule has 0 spiro atoms. The Bertz CT molecular complexity index is 4170.